The Morgan fingerprint density at radius 3 is 2.93 bits per heavy atom. The molecule has 0 aliphatic carbocycles. The number of anilines is 2. The quantitative estimate of drug-likeness (QED) is 0.639. The zero-order valence-electron chi connectivity index (χ0n) is 7.64. The maximum atomic E-state index is 11.6. The van der Waals surface area contributed by atoms with Crippen LogP contribution in [0.2, 0.25) is 0 Å². The first-order chi connectivity index (χ1) is 7.25. The van der Waals surface area contributed by atoms with Gasteiger partial charge in [-0.15, -0.1) is 0 Å². The Morgan fingerprint density at radius 2 is 2.27 bits per heavy atom. The molecule has 2 aromatic rings. The first-order valence-electron chi connectivity index (χ1n) is 4.13. The monoisotopic (exact) mass is 204 g/mol. The lowest BCUT2D eigenvalue weighted by Gasteiger charge is -2.00. The third kappa shape index (κ3) is 2.08. The van der Waals surface area contributed by atoms with Gasteiger partial charge in [0.25, 0.3) is 5.91 Å². The molecule has 0 saturated carbocycles. The topological polar surface area (TPSA) is 110 Å². The Bertz CT molecular complexity index is 466. The standard InChI is InChI=1S/C8H8N6O/c9-7-4-10-3-6(14-7)8(15)13-5-1-11-12-2-5/h1-4H,(H2,9,14)(H,11,12)(H,13,15). The van der Waals surface area contributed by atoms with Gasteiger partial charge >= 0.3 is 0 Å². The molecule has 0 saturated heterocycles. The number of nitrogens with one attached hydrogen (secondary N) is 2. The molecule has 0 bridgehead atoms. The van der Waals surface area contributed by atoms with Crippen molar-refractivity contribution in [2.24, 2.45) is 0 Å². The van der Waals surface area contributed by atoms with Crippen LogP contribution in [-0.2, 0) is 0 Å². The zero-order chi connectivity index (χ0) is 10.7. The average Bonchev–Trinajstić information content (AvgIpc) is 2.70. The van der Waals surface area contributed by atoms with Gasteiger partial charge in [0.2, 0.25) is 0 Å². The van der Waals surface area contributed by atoms with E-state index in [-0.39, 0.29) is 17.4 Å². The van der Waals surface area contributed by atoms with E-state index in [4.69, 9.17) is 5.73 Å². The van der Waals surface area contributed by atoms with Gasteiger partial charge in [0.15, 0.2) is 0 Å². The first kappa shape index (κ1) is 9.13. The van der Waals surface area contributed by atoms with Crippen LogP contribution in [0.3, 0.4) is 0 Å². The minimum Gasteiger partial charge on any atom is -0.382 e. The van der Waals surface area contributed by atoms with E-state index in [0.29, 0.717) is 5.69 Å². The number of H-pyrrole nitrogens is 1. The maximum Gasteiger partial charge on any atom is 0.276 e. The molecule has 0 aromatic carbocycles. The number of hydrogen-bond acceptors (Lipinski definition) is 5. The van der Waals surface area contributed by atoms with Crippen molar-refractivity contribution < 1.29 is 4.79 Å². The SMILES string of the molecule is Nc1cncc(C(=O)Nc2cn[nH]c2)n1. The molecule has 2 rings (SSSR count). The van der Waals surface area contributed by atoms with Crippen molar-refractivity contribution in [1.82, 2.24) is 20.2 Å². The van der Waals surface area contributed by atoms with Crippen LogP contribution in [0.4, 0.5) is 11.5 Å². The highest BCUT2D eigenvalue weighted by Crippen LogP contribution is 2.04. The lowest BCUT2D eigenvalue weighted by Crippen LogP contribution is -2.14. The van der Waals surface area contributed by atoms with Crippen molar-refractivity contribution in [2.45, 2.75) is 0 Å². The second kappa shape index (κ2) is 3.74. The molecule has 1 amide bonds. The molecule has 0 unspecified atom stereocenters. The molecule has 15 heavy (non-hydrogen) atoms. The Labute approximate surface area is 84.7 Å². The fourth-order valence-corrected chi connectivity index (χ4v) is 1.00. The van der Waals surface area contributed by atoms with E-state index >= 15 is 0 Å². The normalized spacial score (nSPS) is 9.87. The molecule has 0 aliphatic rings. The number of nitrogen functional groups attached to an aromatic ring is 1. The Kier molecular flexibility index (Phi) is 2.28. The van der Waals surface area contributed by atoms with Gasteiger partial charge in [-0.3, -0.25) is 14.9 Å². The van der Waals surface area contributed by atoms with Gasteiger partial charge < -0.3 is 11.1 Å². The summed E-state index contributed by atoms with van der Waals surface area (Å²) in [7, 11) is 0. The number of aromatic nitrogens is 4. The second-order valence-corrected chi connectivity index (χ2v) is 2.77. The van der Waals surface area contributed by atoms with E-state index in [1.165, 1.54) is 18.6 Å². The summed E-state index contributed by atoms with van der Waals surface area (Å²) < 4.78 is 0. The van der Waals surface area contributed by atoms with E-state index in [0.717, 1.165) is 0 Å². The molecule has 4 N–H and O–H groups in total. The number of carbonyl (C=O) groups excluding carboxylic acids is 1. The molecule has 2 aromatic heterocycles. The summed E-state index contributed by atoms with van der Waals surface area (Å²) in [4.78, 5) is 19.1. The minimum absolute atomic E-state index is 0.163. The van der Waals surface area contributed by atoms with Crippen LogP contribution in [-0.4, -0.2) is 26.1 Å². The Balaban J connectivity index is 2.15. The van der Waals surface area contributed by atoms with Gasteiger partial charge in [0.1, 0.15) is 11.5 Å². The molecule has 7 nitrogen and oxygen atoms in total. The first-order valence-corrected chi connectivity index (χ1v) is 4.13. The van der Waals surface area contributed by atoms with Crippen LogP contribution in [0.15, 0.2) is 24.8 Å². The van der Waals surface area contributed by atoms with Crippen LogP contribution in [0.5, 0.6) is 0 Å². The predicted molar refractivity (Wildman–Crippen MR) is 53.0 cm³/mol. The van der Waals surface area contributed by atoms with Gasteiger partial charge in [0.05, 0.1) is 24.3 Å². The lowest BCUT2D eigenvalue weighted by molar-refractivity contribution is 0.102. The van der Waals surface area contributed by atoms with Crippen LogP contribution in [0.25, 0.3) is 0 Å². The molecule has 0 spiro atoms. The summed E-state index contributed by atoms with van der Waals surface area (Å²) in [6.45, 7) is 0. The van der Waals surface area contributed by atoms with Gasteiger partial charge in [-0.25, -0.2) is 4.98 Å². The van der Waals surface area contributed by atoms with E-state index in [1.54, 1.807) is 6.20 Å². The van der Waals surface area contributed by atoms with Crippen molar-refractivity contribution in [2.75, 3.05) is 11.1 Å². The van der Waals surface area contributed by atoms with Gasteiger partial charge in [0, 0.05) is 6.20 Å². The number of rotatable bonds is 2. The third-order valence-electron chi connectivity index (χ3n) is 1.64. The number of nitrogens with two attached hydrogens (primary N) is 1. The molecule has 0 fully saturated rings. The third-order valence-corrected chi connectivity index (χ3v) is 1.64. The fourth-order valence-electron chi connectivity index (χ4n) is 1.00. The van der Waals surface area contributed by atoms with Crippen LogP contribution in [0.1, 0.15) is 10.5 Å². The van der Waals surface area contributed by atoms with Crippen LogP contribution >= 0.6 is 0 Å². The van der Waals surface area contributed by atoms with Crippen molar-refractivity contribution in [3.63, 3.8) is 0 Å². The minimum atomic E-state index is -0.379. The predicted octanol–water partition coefficient (Wildman–Crippen LogP) is 0.0342. The van der Waals surface area contributed by atoms with Crippen molar-refractivity contribution >= 4 is 17.4 Å². The van der Waals surface area contributed by atoms with E-state index in [2.05, 4.69) is 25.5 Å². The van der Waals surface area contributed by atoms with Crippen molar-refractivity contribution in [3.8, 4) is 0 Å². The zero-order valence-corrected chi connectivity index (χ0v) is 7.64. The molecule has 0 aliphatic heterocycles. The molecular formula is C8H8N6O. The smallest absolute Gasteiger partial charge is 0.276 e. The molecule has 76 valence electrons. The molecule has 2 heterocycles. The number of carbonyl (C=O) groups is 1. The maximum absolute atomic E-state index is 11.6. The van der Waals surface area contributed by atoms with E-state index < -0.39 is 0 Å². The largest absolute Gasteiger partial charge is 0.382 e. The lowest BCUT2D eigenvalue weighted by atomic mass is 10.4. The van der Waals surface area contributed by atoms with Gasteiger partial charge in [-0.05, 0) is 0 Å². The Morgan fingerprint density at radius 1 is 1.40 bits per heavy atom. The highest BCUT2D eigenvalue weighted by atomic mass is 16.1. The van der Waals surface area contributed by atoms with E-state index in [1.807, 2.05) is 0 Å². The number of aromatic amines is 1. The fraction of sp³-hybridized carbons (Fsp3) is 0. The summed E-state index contributed by atoms with van der Waals surface area (Å²) in [5, 5.41) is 8.83. The summed E-state index contributed by atoms with van der Waals surface area (Å²) in [5.74, 6) is -0.175. The molecule has 7 heteroatoms. The number of amides is 1. The van der Waals surface area contributed by atoms with Crippen molar-refractivity contribution in [3.05, 3.63) is 30.5 Å². The summed E-state index contributed by atoms with van der Waals surface area (Å²) in [5.41, 5.74) is 6.12. The summed E-state index contributed by atoms with van der Waals surface area (Å²) in [6, 6.07) is 0. The highest BCUT2D eigenvalue weighted by Gasteiger charge is 2.08. The summed E-state index contributed by atoms with van der Waals surface area (Å²) in [6.07, 6.45) is 5.75. The highest BCUT2D eigenvalue weighted by molar-refractivity contribution is 6.02. The average molecular weight is 204 g/mol. The summed E-state index contributed by atoms with van der Waals surface area (Å²) >= 11 is 0. The van der Waals surface area contributed by atoms with Crippen LogP contribution in [0, 0.1) is 0 Å². The van der Waals surface area contributed by atoms with Crippen LogP contribution < -0.4 is 11.1 Å². The number of hydrogen-bond donors (Lipinski definition) is 3. The van der Waals surface area contributed by atoms with Gasteiger partial charge in [-0.2, -0.15) is 5.10 Å². The molecule has 0 atom stereocenters. The van der Waals surface area contributed by atoms with Crippen molar-refractivity contribution in [1.29, 1.82) is 0 Å². The Hall–Kier alpha value is -2.44. The second-order valence-electron chi connectivity index (χ2n) is 2.77. The number of nitrogens with zero attached hydrogens (tertiary/aromatic N) is 3. The molecule has 0 radical (unpaired) electrons. The molecular weight excluding hydrogens is 196 g/mol. The van der Waals surface area contributed by atoms with E-state index in [9.17, 15) is 4.79 Å². The van der Waals surface area contributed by atoms with Gasteiger partial charge in [-0.1, -0.05) is 0 Å².